The van der Waals surface area contributed by atoms with Gasteiger partial charge in [-0.05, 0) is 36.4 Å². The number of aromatic nitrogens is 2. The van der Waals surface area contributed by atoms with Gasteiger partial charge in [0.25, 0.3) is 5.91 Å². The van der Waals surface area contributed by atoms with Crippen molar-refractivity contribution in [3.05, 3.63) is 72.2 Å². The molecule has 0 spiro atoms. The molecule has 0 radical (unpaired) electrons. The number of carbonyl (C=O) groups excluding carboxylic acids is 2. The maximum atomic E-state index is 12.1. The zero-order chi connectivity index (χ0) is 17.9. The number of benzene rings is 1. The largest absolute Gasteiger partial charge is 0.448 e. The van der Waals surface area contributed by atoms with Crippen LogP contribution in [0, 0.1) is 0 Å². The maximum absolute atomic E-state index is 12.1. The van der Waals surface area contributed by atoms with Crippen molar-refractivity contribution < 1.29 is 14.0 Å². The van der Waals surface area contributed by atoms with Crippen LogP contribution in [0.5, 0.6) is 0 Å². The molecule has 7 nitrogen and oxygen atoms in total. The molecule has 0 aliphatic heterocycles. The Kier molecular flexibility index (Phi) is 4.16. The van der Waals surface area contributed by atoms with E-state index in [0.29, 0.717) is 16.3 Å². The summed E-state index contributed by atoms with van der Waals surface area (Å²) >= 11 is 1.48. The Morgan fingerprint density at radius 2 is 1.81 bits per heavy atom. The molecule has 0 bridgehead atoms. The summed E-state index contributed by atoms with van der Waals surface area (Å²) in [4.78, 5) is 32.4. The zero-order valence-corrected chi connectivity index (χ0v) is 14.1. The first kappa shape index (κ1) is 16.0. The summed E-state index contributed by atoms with van der Waals surface area (Å²) in [5.41, 5.74) is 5.84. The summed E-state index contributed by atoms with van der Waals surface area (Å²) in [6.07, 6.45) is 2.96. The lowest BCUT2D eigenvalue weighted by Gasteiger charge is -2.05. The van der Waals surface area contributed by atoms with E-state index < -0.39 is 11.8 Å². The number of hydrogen-bond acceptors (Lipinski definition) is 6. The third kappa shape index (κ3) is 3.17. The van der Waals surface area contributed by atoms with Gasteiger partial charge in [-0.2, -0.15) is 0 Å². The van der Waals surface area contributed by atoms with Crippen LogP contribution < -0.4 is 10.9 Å². The van der Waals surface area contributed by atoms with Gasteiger partial charge in [0.2, 0.25) is 0 Å². The quantitative estimate of drug-likeness (QED) is 0.545. The predicted octanol–water partition coefficient (Wildman–Crippen LogP) is 3.03. The second-order valence-electron chi connectivity index (χ2n) is 5.30. The summed E-state index contributed by atoms with van der Waals surface area (Å²) in [5.74, 6) is -0.459. The number of pyridine rings is 1. The van der Waals surface area contributed by atoms with Gasteiger partial charge in [0.1, 0.15) is 0 Å². The van der Waals surface area contributed by atoms with Gasteiger partial charge >= 0.3 is 5.91 Å². The van der Waals surface area contributed by atoms with Crippen molar-refractivity contribution in [1.29, 1.82) is 0 Å². The monoisotopic (exact) mass is 364 g/mol. The number of hydrazine groups is 1. The Morgan fingerprint density at radius 1 is 0.962 bits per heavy atom. The number of fused-ring (bicyclic) bond motifs is 1. The highest BCUT2D eigenvalue weighted by molar-refractivity contribution is 7.21. The van der Waals surface area contributed by atoms with Gasteiger partial charge in [-0.15, -0.1) is 11.3 Å². The van der Waals surface area contributed by atoms with Crippen LogP contribution in [0.15, 0.2) is 65.3 Å². The molecule has 0 saturated heterocycles. The highest BCUT2D eigenvalue weighted by Crippen LogP contribution is 2.30. The van der Waals surface area contributed by atoms with Crippen LogP contribution >= 0.6 is 11.3 Å². The molecule has 0 atom stereocenters. The van der Waals surface area contributed by atoms with E-state index in [0.717, 1.165) is 10.2 Å². The molecule has 0 saturated carbocycles. The van der Waals surface area contributed by atoms with Crippen molar-refractivity contribution in [1.82, 2.24) is 20.8 Å². The second kappa shape index (κ2) is 6.77. The van der Waals surface area contributed by atoms with Gasteiger partial charge in [0.15, 0.2) is 16.5 Å². The van der Waals surface area contributed by atoms with Crippen molar-refractivity contribution in [2.75, 3.05) is 0 Å². The Bertz CT molecular complexity index is 1050. The normalized spacial score (nSPS) is 10.6. The topological polar surface area (TPSA) is 97.1 Å². The smallest absolute Gasteiger partial charge is 0.305 e. The number of nitrogens with zero attached hydrogens (tertiary/aromatic N) is 2. The summed E-state index contributed by atoms with van der Waals surface area (Å²) in [6, 6.07) is 14.2. The fraction of sp³-hybridized carbons (Fsp3) is 0. The van der Waals surface area contributed by atoms with E-state index in [1.165, 1.54) is 23.6 Å². The molecule has 0 aliphatic carbocycles. The number of furan rings is 1. The Balaban J connectivity index is 1.45. The van der Waals surface area contributed by atoms with E-state index >= 15 is 0 Å². The molecule has 4 rings (SSSR count). The molecule has 2 amide bonds. The zero-order valence-electron chi connectivity index (χ0n) is 13.3. The number of rotatable bonds is 3. The van der Waals surface area contributed by atoms with Crippen molar-refractivity contribution >= 4 is 33.4 Å². The van der Waals surface area contributed by atoms with E-state index in [1.807, 2.05) is 24.3 Å². The van der Waals surface area contributed by atoms with Gasteiger partial charge < -0.3 is 4.42 Å². The molecule has 0 unspecified atom stereocenters. The van der Waals surface area contributed by atoms with Gasteiger partial charge in [0.05, 0.1) is 15.8 Å². The van der Waals surface area contributed by atoms with Crippen molar-refractivity contribution in [3.8, 4) is 10.8 Å². The molecule has 128 valence electrons. The van der Waals surface area contributed by atoms with Crippen molar-refractivity contribution in [3.63, 3.8) is 0 Å². The van der Waals surface area contributed by atoms with Gasteiger partial charge in [-0.1, -0.05) is 12.1 Å². The van der Waals surface area contributed by atoms with Gasteiger partial charge in [-0.3, -0.25) is 25.4 Å². The highest BCUT2D eigenvalue weighted by atomic mass is 32.1. The molecule has 3 heterocycles. The van der Waals surface area contributed by atoms with Crippen LogP contribution in [-0.2, 0) is 0 Å². The second-order valence-corrected chi connectivity index (χ2v) is 6.33. The lowest BCUT2D eigenvalue weighted by Crippen LogP contribution is -2.41. The van der Waals surface area contributed by atoms with Crippen molar-refractivity contribution in [2.45, 2.75) is 0 Å². The van der Waals surface area contributed by atoms with Crippen molar-refractivity contribution in [2.24, 2.45) is 0 Å². The average Bonchev–Trinajstić information content (AvgIpc) is 3.33. The number of para-hydroxylation sites is 1. The molecule has 0 aliphatic rings. The summed E-state index contributed by atoms with van der Waals surface area (Å²) in [6.45, 7) is 0. The Labute approximate surface area is 151 Å². The SMILES string of the molecule is O=C(NNC(=O)c1ccc(-c2nc3ccccc3s2)o1)c1cccnc1. The molecular formula is C18H12N4O3S. The van der Waals surface area contributed by atoms with Crippen LogP contribution in [0.3, 0.4) is 0 Å². The van der Waals surface area contributed by atoms with Crippen LogP contribution in [0.25, 0.3) is 21.0 Å². The lowest BCUT2D eigenvalue weighted by atomic mass is 10.3. The minimum absolute atomic E-state index is 0.0748. The molecule has 4 aromatic rings. The van der Waals surface area contributed by atoms with Crippen LogP contribution in [0.4, 0.5) is 0 Å². The standard InChI is InChI=1S/C18H12N4O3S/c23-16(11-4-3-9-19-10-11)21-22-17(24)13-7-8-14(25-13)18-20-12-5-1-2-6-15(12)26-18/h1-10H,(H,21,23)(H,22,24). The number of thiazole rings is 1. The lowest BCUT2D eigenvalue weighted by molar-refractivity contribution is 0.0831. The van der Waals surface area contributed by atoms with E-state index in [4.69, 9.17) is 4.42 Å². The van der Waals surface area contributed by atoms with E-state index in [-0.39, 0.29) is 5.76 Å². The van der Waals surface area contributed by atoms with Crippen LogP contribution in [0.1, 0.15) is 20.9 Å². The first-order chi connectivity index (χ1) is 12.7. The Morgan fingerprint density at radius 3 is 2.62 bits per heavy atom. The third-order valence-corrected chi connectivity index (χ3v) is 4.60. The molecule has 0 fully saturated rings. The third-order valence-electron chi connectivity index (χ3n) is 3.55. The Hall–Kier alpha value is -3.52. The minimum atomic E-state index is -0.561. The summed E-state index contributed by atoms with van der Waals surface area (Å²) in [7, 11) is 0. The number of hydrogen-bond donors (Lipinski definition) is 2. The molecule has 1 aromatic carbocycles. The number of amides is 2. The highest BCUT2D eigenvalue weighted by Gasteiger charge is 2.16. The average molecular weight is 364 g/mol. The molecule has 8 heteroatoms. The van der Waals surface area contributed by atoms with E-state index in [2.05, 4.69) is 20.8 Å². The number of carbonyl (C=O) groups is 2. The molecule has 3 aromatic heterocycles. The van der Waals surface area contributed by atoms with Crippen LogP contribution in [-0.4, -0.2) is 21.8 Å². The van der Waals surface area contributed by atoms with Gasteiger partial charge in [0, 0.05) is 12.4 Å². The first-order valence-corrected chi connectivity index (χ1v) is 8.49. The molecule has 2 N–H and O–H groups in total. The predicted molar refractivity (Wildman–Crippen MR) is 96.5 cm³/mol. The fourth-order valence-electron chi connectivity index (χ4n) is 2.30. The van der Waals surface area contributed by atoms with Gasteiger partial charge in [-0.25, -0.2) is 4.98 Å². The minimum Gasteiger partial charge on any atom is -0.448 e. The first-order valence-electron chi connectivity index (χ1n) is 7.67. The summed E-state index contributed by atoms with van der Waals surface area (Å²) < 4.78 is 6.61. The summed E-state index contributed by atoms with van der Waals surface area (Å²) in [5, 5.41) is 0.685. The number of nitrogens with one attached hydrogen (secondary N) is 2. The van der Waals surface area contributed by atoms with Crippen LogP contribution in [0.2, 0.25) is 0 Å². The van der Waals surface area contributed by atoms with E-state index in [1.54, 1.807) is 24.4 Å². The maximum Gasteiger partial charge on any atom is 0.305 e. The molecule has 26 heavy (non-hydrogen) atoms. The van der Waals surface area contributed by atoms with E-state index in [9.17, 15) is 9.59 Å². The molecular weight excluding hydrogens is 352 g/mol. The fourth-order valence-corrected chi connectivity index (χ4v) is 3.22.